The summed E-state index contributed by atoms with van der Waals surface area (Å²) in [7, 11) is 0. The van der Waals surface area contributed by atoms with E-state index in [0.29, 0.717) is 23.4 Å². The van der Waals surface area contributed by atoms with Crippen LogP contribution in [0.1, 0.15) is 31.8 Å². The maximum Gasteiger partial charge on any atom is 0.255 e. The number of anilines is 1. The first-order valence-corrected chi connectivity index (χ1v) is 8.52. The van der Waals surface area contributed by atoms with Gasteiger partial charge in [-0.15, -0.1) is 0 Å². The Morgan fingerprint density at radius 3 is 1.93 bits per heavy atom. The van der Waals surface area contributed by atoms with Crippen molar-refractivity contribution in [2.24, 2.45) is 0 Å². The summed E-state index contributed by atoms with van der Waals surface area (Å²) in [6.07, 6.45) is 0. The van der Waals surface area contributed by atoms with Gasteiger partial charge in [0, 0.05) is 23.4 Å². The molecule has 4 nitrogen and oxygen atoms in total. The molecule has 0 atom stereocenters. The molecular formula is C22H19FN2O2. The SMILES string of the molecule is Cc1ccc(NC(=O)c2ccc(C(=O)NCc3ccc(F)cc3)cc2)cc1. The average molecular weight is 362 g/mol. The highest BCUT2D eigenvalue weighted by Gasteiger charge is 2.09. The predicted octanol–water partition coefficient (Wildman–Crippen LogP) is 4.32. The second kappa shape index (κ2) is 8.27. The molecule has 0 fully saturated rings. The Labute approximate surface area is 157 Å². The minimum atomic E-state index is -0.315. The van der Waals surface area contributed by atoms with Gasteiger partial charge in [0.05, 0.1) is 0 Å². The molecular weight excluding hydrogens is 343 g/mol. The van der Waals surface area contributed by atoms with Gasteiger partial charge in [-0.25, -0.2) is 4.39 Å². The van der Waals surface area contributed by atoms with E-state index in [9.17, 15) is 14.0 Å². The number of nitrogens with one attached hydrogen (secondary N) is 2. The molecule has 3 rings (SSSR count). The normalized spacial score (nSPS) is 10.3. The van der Waals surface area contributed by atoms with Gasteiger partial charge in [0.2, 0.25) is 0 Å². The van der Waals surface area contributed by atoms with Crippen LogP contribution in [0.3, 0.4) is 0 Å². The average Bonchev–Trinajstić information content (AvgIpc) is 2.69. The summed E-state index contributed by atoms with van der Waals surface area (Å²) in [5.74, 6) is -0.813. The van der Waals surface area contributed by atoms with Gasteiger partial charge >= 0.3 is 0 Å². The van der Waals surface area contributed by atoms with Crippen molar-refractivity contribution in [1.82, 2.24) is 5.32 Å². The van der Waals surface area contributed by atoms with Crippen molar-refractivity contribution in [2.45, 2.75) is 13.5 Å². The maximum atomic E-state index is 12.9. The lowest BCUT2D eigenvalue weighted by molar-refractivity contribution is 0.0949. The topological polar surface area (TPSA) is 58.2 Å². The van der Waals surface area contributed by atoms with E-state index in [4.69, 9.17) is 0 Å². The minimum Gasteiger partial charge on any atom is -0.348 e. The Hall–Kier alpha value is -3.47. The Morgan fingerprint density at radius 1 is 0.778 bits per heavy atom. The number of benzene rings is 3. The van der Waals surface area contributed by atoms with E-state index in [1.807, 2.05) is 31.2 Å². The number of hydrogen-bond donors (Lipinski definition) is 2. The highest BCUT2D eigenvalue weighted by Crippen LogP contribution is 2.12. The van der Waals surface area contributed by atoms with Crippen LogP contribution in [0.15, 0.2) is 72.8 Å². The van der Waals surface area contributed by atoms with Gasteiger partial charge in [0.15, 0.2) is 0 Å². The standard InChI is InChI=1S/C22H19FN2O2/c1-15-2-12-20(13-3-15)25-22(27)18-8-6-17(7-9-18)21(26)24-14-16-4-10-19(23)11-5-16/h2-13H,14H2,1H3,(H,24,26)(H,25,27). The molecule has 0 radical (unpaired) electrons. The molecule has 5 heteroatoms. The van der Waals surface area contributed by atoms with Crippen LogP contribution in [0.25, 0.3) is 0 Å². The molecule has 0 aromatic heterocycles. The highest BCUT2D eigenvalue weighted by atomic mass is 19.1. The van der Waals surface area contributed by atoms with Gasteiger partial charge in [-0.3, -0.25) is 9.59 Å². The molecule has 3 aromatic rings. The quantitative estimate of drug-likeness (QED) is 0.710. The number of carbonyl (C=O) groups is 2. The number of halogens is 1. The number of hydrogen-bond acceptors (Lipinski definition) is 2. The van der Waals surface area contributed by atoms with E-state index in [-0.39, 0.29) is 17.6 Å². The summed E-state index contributed by atoms with van der Waals surface area (Å²) < 4.78 is 12.9. The second-order valence-corrected chi connectivity index (χ2v) is 6.21. The Bertz CT molecular complexity index is 934. The smallest absolute Gasteiger partial charge is 0.255 e. The third kappa shape index (κ3) is 5.01. The molecule has 0 aliphatic carbocycles. The lowest BCUT2D eigenvalue weighted by Gasteiger charge is -2.08. The molecule has 0 unspecified atom stereocenters. The Morgan fingerprint density at radius 2 is 1.33 bits per heavy atom. The zero-order chi connectivity index (χ0) is 19.2. The molecule has 0 saturated carbocycles. The van der Waals surface area contributed by atoms with E-state index in [2.05, 4.69) is 10.6 Å². The molecule has 3 aromatic carbocycles. The first kappa shape index (κ1) is 18.3. The van der Waals surface area contributed by atoms with Crippen molar-refractivity contribution in [3.8, 4) is 0 Å². The zero-order valence-electron chi connectivity index (χ0n) is 14.8. The molecule has 2 amide bonds. The molecule has 136 valence electrons. The molecule has 27 heavy (non-hydrogen) atoms. The second-order valence-electron chi connectivity index (χ2n) is 6.21. The maximum absolute atomic E-state index is 12.9. The summed E-state index contributed by atoms with van der Waals surface area (Å²) in [6.45, 7) is 2.28. The molecule has 0 spiro atoms. The van der Waals surface area contributed by atoms with Crippen LogP contribution in [0.4, 0.5) is 10.1 Å². The minimum absolute atomic E-state index is 0.239. The van der Waals surface area contributed by atoms with Crippen LogP contribution in [0, 0.1) is 12.7 Å². The monoisotopic (exact) mass is 362 g/mol. The third-order valence-corrected chi connectivity index (χ3v) is 4.09. The van der Waals surface area contributed by atoms with Gasteiger partial charge < -0.3 is 10.6 Å². The van der Waals surface area contributed by atoms with Gasteiger partial charge in [0.25, 0.3) is 11.8 Å². The van der Waals surface area contributed by atoms with Crippen molar-refractivity contribution >= 4 is 17.5 Å². The highest BCUT2D eigenvalue weighted by molar-refractivity contribution is 6.05. The fourth-order valence-corrected chi connectivity index (χ4v) is 2.50. The molecule has 0 heterocycles. The van der Waals surface area contributed by atoms with Crippen LogP contribution in [0.2, 0.25) is 0 Å². The summed E-state index contributed by atoms with van der Waals surface area (Å²) >= 11 is 0. The van der Waals surface area contributed by atoms with Crippen molar-refractivity contribution < 1.29 is 14.0 Å². The van der Waals surface area contributed by atoms with Crippen LogP contribution >= 0.6 is 0 Å². The first-order valence-electron chi connectivity index (χ1n) is 8.52. The van der Waals surface area contributed by atoms with Gasteiger partial charge in [-0.1, -0.05) is 29.8 Å². The summed E-state index contributed by atoms with van der Waals surface area (Å²) in [6, 6.07) is 19.9. The lowest BCUT2D eigenvalue weighted by Crippen LogP contribution is -2.23. The molecule has 2 N–H and O–H groups in total. The van der Waals surface area contributed by atoms with E-state index in [0.717, 1.165) is 11.1 Å². The lowest BCUT2D eigenvalue weighted by atomic mass is 10.1. The molecule has 0 saturated heterocycles. The molecule has 0 aliphatic heterocycles. The van der Waals surface area contributed by atoms with Crippen molar-refractivity contribution in [2.75, 3.05) is 5.32 Å². The van der Waals surface area contributed by atoms with Crippen LogP contribution in [0.5, 0.6) is 0 Å². The number of rotatable bonds is 5. The molecule has 0 bridgehead atoms. The Balaban J connectivity index is 1.58. The van der Waals surface area contributed by atoms with E-state index >= 15 is 0 Å². The number of aryl methyl sites for hydroxylation is 1. The fraction of sp³-hybridized carbons (Fsp3) is 0.0909. The van der Waals surface area contributed by atoms with Crippen LogP contribution in [-0.4, -0.2) is 11.8 Å². The van der Waals surface area contributed by atoms with E-state index in [1.54, 1.807) is 36.4 Å². The summed E-state index contributed by atoms with van der Waals surface area (Å²) in [4.78, 5) is 24.5. The van der Waals surface area contributed by atoms with Gasteiger partial charge in [0.1, 0.15) is 5.82 Å². The van der Waals surface area contributed by atoms with Gasteiger partial charge in [-0.2, -0.15) is 0 Å². The van der Waals surface area contributed by atoms with Crippen molar-refractivity contribution in [1.29, 1.82) is 0 Å². The number of carbonyl (C=O) groups excluding carboxylic acids is 2. The van der Waals surface area contributed by atoms with E-state index in [1.165, 1.54) is 12.1 Å². The van der Waals surface area contributed by atoms with E-state index < -0.39 is 0 Å². The number of amides is 2. The largest absolute Gasteiger partial charge is 0.348 e. The summed E-state index contributed by atoms with van der Waals surface area (Å²) in [5.41, 5.74) is 3.55. The third-order valence-electron chi connectivity index (χ3n) is 4.09. The van der Waals surface area contributed by atoms with Crippen molar-refractivity contribution in [3.63, 3.8) is 0 Å². The fourth-order valence-electron chi connectivity index (χ4n) is 2.50. The van der Waals surface area contributed by atoms with Crippen LogP contribution < -0.4 is 10.6 Å². The van der Waals surface area contributed by atoms with Gasteiger partial charge in [-0.05, 0) is 61.0 Å². The zero-order valence-corrected chi connectivity index (χ0v) is 14.8. The molecule has 0 aliphatic rings. The Kier molecular flexibility index (Phi) is 5.61. The van der Waals surface area contributed by atoms with Crippen LogP contribution in [-0.2, 0) is 6.54 Å². The predicted molar refractivity (Wildman–Crippen MR) is 103 cm³/mol. The summed E-state index contributed by atoms with van der Waals surface area (Å²) in [5, 5.41) is 5.58. The van der Waals surface area contributed by atoms with Crippen molar-refractivity contribution in [3.05, 3.63) is 101 Å². The first-order chi connectivity index (χ1) is 13.0.